The third-order valence-corrected chi connectivity index (χ3v) is 4.83. The van der Waals surface area contributed by atoms with Gasteiger partial charge in [0.25, 0.3) is 5.91 Å². The second-order valence-corrected chi connectivity index (χ2v) is 7.19. The summed E-state index contributed by atoms with van der Waals surface area (Å²) < 4.78 is 1.75. The maximum Gasteiger partial charge on any atom is 0.251 e. The summed E-state index contributed by atoms with van der Waals surface area (Å²) in [7, 11) is 1.87. The van der Waals surface area contributed by atoms with Crippen LogP contribution in [-0.4, -0.2) is 20.7 Å². The lowest BCUT2D eigenvalue weighted by Crippen LogP contribution is -2.22. The lowest BCUT2D eigenvalue weighted by molar-refractivity contribution is 0.0951. The number of hydrogen-bond donors (Lipinski definition) is 1. The number of nitrogens with zero attached hydrogens (tertiary/aromatic N) is 3. The van der Waals surface area contributed by atoms with E-state index in [4.69, 9.17) is 11.6 Å². The second-order valence-electron chi connectivity index (χ2n) is 6.75. The number of carbonyl (C=O) groups excluding carboxylic acids is 1. The summed E-state index contributed by atoms with van der Waals surface area (Å²) in [5.41, 5.74) is 5.52. The van der Waals surface area contributed by atoms with Crippen LogP contribution in [0.5, 0.6) is 0 Å². The van der Waals surface area contributed by atoms with Gasteiger partial charge in [-0.3, -0.25) is 14.5 Å². The number of aromatic nitrogens is 3. The molecule has 6 heteroatoms. The number of amides is 1. The third kappa shape index (κ3) is 4.52. The van der Waals surface area contributed by atoms with Gasteiger partial charge in [0.15, 0.2) is 0 Å². The SMILES string of the molecule is Cn1cc(-c2cncc(CNC(=O)c3ccc(-c4cccc(Cl)c4)cc3)c2)cn1. The Morgan fingerprint density at radius 2 is 1.79 bits per heavy atom. The maximum atomic E-state index is 12.5. The molecule has 4 aromatic rings. The molecule has 0 aliphatic carbocycles. The van der Waals surface area contributed by atoms with Gasteiger partial charge in [-0.25, -0.2) is 0 Å². The zero-order valence-electron chi connectivity index (χ0n) is 15.8. The Morgan fingerprint density at radius 3 is 2.52 bits per heavy atom. The van der Waals surface area contributed by atoms with Crippen molar-refractivity contribution >= 4 is 17.5 Å². The fraction of sp³-hybridized carbons (Fsp3) is 0.0870. The van der Waals surface area contributed by atoms with Crippen LogP contribution in [0.25, 0.3) is 22.3 Å². The van der Waals surface area contributed by atoms with Gasteiger partial charge in [-0.2, -0.15) is 5.10 Å². The molecule has 0 radical (unpaired) electrons. The highest BCUT2D eigenvalue weighted by Gasteiger charge is 2.08. The summed E-state index contributed by atoms with van der Waals surface area (Å²) in [6.07, 6.45) is 7.26. The van der Waals surface area contributed by atoms with Crippen molar-refractivity contribution in [2.45, 2.75) is 6.54 Å². The Labute approximate surface area is 174 Å². The van der Waals surface area contributed by atoms with Crippen molar-refractivity contribution in [1.82, 2.24) is 20.1 Å². The standard InChI is InChI=1S/C23H19ClN4O/c1-28-15-21(14-27-28)20-9-16(11-25-13-20)12-26-23(29)18-7-5-17(6-8-18)19-3-2-4-22(24)10-19/h2-11,13-15H,12H2,1H3,(H,26,29). The maximum absolute atomic E-state index is 12.5. The minimum Gasteiger partial charge on any atom is -0.348 e. The van der Waals surface area contributed by atoms with Crippen molar-refractivity contribution in [3.05, 3.63) is 95.5 Å². The molecule has 0 aliphatic rings. The van der Waals surface area contributed by atoms with E-state index in [1.165, 1.54) is 0 Å². The van der Waals surface area contributed by atoms with E-state index in [-0.39, 0.29) is 5.91 Å². The van der Waals surface area contributed by atoms with Crippen LogP contribution in [0.15, 0.2) is 79.4 Å². The Morgan fingerprint density at radius 1 is 0.966 bits per heavy atom. The first-order valence-electron chi connectivity index (χ1n) is 9.16. The number of pyridine rings is 1. The van der Waals surface area contributed by atoms with E-state index >= 15 is 0 Å². The van der Waals surface area contributed by atoms with Gasteiger partial charge in [-0.1, -0.05) is 35.9 Å². The fourth-order valence-electron chi connectivity index (χ4n) is 3.08. The molecule has 1 amide bonds. The van der Waals surface area contributed by atoms with Gasteiger partial charge in [-0.15, -0.1) is 0 Å². The van der Waals surface area contributed by atoms with Crippen LogP contribution in [0.2, 0.25) is 5.02 Å². The van der Waals surface area contributed by atoms with Crippen molar-refractivity contribution in [2.75, 3.05) is 0 Å². The molecule has 0 saturated heterocycles. The van der Waals surface area contributed by atoms with E-state index in [2.05, 4.69) is 15.4 Å². The van der Waals surface area contributed by atoms with E-state index in [1.807, 2.05) is 67.8 Å². The van der Waals surface area contributed by atoms with Gasteiger partial charge >= 0.3 is 0 Å². The molecular weight excluding hydrogens is 384 g/mol. The summed E-state index contributed by atoms with van der Waals surface area (Å²) in [6.45, 7) is 0.399. The normalized spacial score (nSPS) is 10.7. The fourth-order valence-corrected chi connectivity index (χ4v) is 3.27. The predicted molar refractivity (Wildman–Crippen MR) is 114 cm³/mol. The van der Waals surface area contributed by atoms with E-state index in [0.29, 0.717) is 17.1 Å². The van der Waals surface area contributed by atoms with Crippen LogP contribution in [-0.2, 0) is 13.6 Å². The monoisotopic (exact) mass is 402 g/mol. The largest absolute Gasteiger partial charge is 0.348 e. The van der Waals surface area contributed by atoms with Gasteiger partial charge < -0.3 is 5.32 Å². The van der Waals surface area contributed by atoms with Crippen molar-refractivity contribution in [3.63, 3.8) is 0 Å². The summed E-state index contributed by atoms with van der Waals surface area (Å²) in [6, 6.07) is 17.1. The average molecular weight is 403 g/mol. The number of benzene rings is 2. The zero-order chi connectivity index (χ0) is 20.2. The molecule has 2 aromatic carbocycles. The van der Waals surface area contributed by atoms with E-state index in [1.54, 1.807) is 23.3 Å². The van der Waals surface area contributed by atoms with Gasteiger partial charge in [0, 0.05) is 53.9 Å². The van der Waals surface area contributed by atoms with Crippen molar-refractivity contribution in [2.24, 2.45) is 7.05 Å². The van der Waals surface area contributed by atoms with Crippen LogP contribution in [0.3, 0.4) is 0 Å². The molecule has 29 heavy (non-hydrogen) atoms. The van der Waals surface area contributed by atoms with Crippen molar-refractivity contribution < 1.29 is 4.79 Å². The van der Waals surface area contributed by atoms with Crippen molar-refractivity contribution in [1.29, 1.82) is 0 Å². The number of nitrogens with one attached hydrogen (secondary N) is 1. The first kappa shape index (κ1) is 18.9. The highest BCUT2D eigenvalue weighted by molar-refractivity contribution is 6.30. The molecule has 4 rings (SSSR count). The summed E-state index contributed by atoms with van der Waals surface area (Å²) in [4.78, 5) is 16.8. The predicted octanol–water partition coefficient (Wildman–Crippen LogP) is 4.73. The second kappa shape index (κ2) is 8.29. The molecular formula is C23H19ClN4O. The first-order chi connectivity index (χ1) is 14.1. The van der Waals surface area contributed by atoms with Crippen LogP contribution in [0, 0.1) is 0 Å². The lowest BCUT2D eigenvalue weighted by atomic mass is 10.0. The molecule has 5 nitrogen and oxygen atoms in total. The lowest BCUT2D eigenvalue weighted by Gasteiger charge is -2.08. The van der Waals surface area contributed by atoms with Crippen LogP contribution in [0.1, 0.15) is 15.9 Å². The highest BCUT2D eigenvalue weighted by atomic mass is 35.5. The minimum absolute atomic E-state index is 0.130. The van der Waals surface area contributed by atoms with Crippen LogP contribution < -0.4 is 5.32 Å². The topological polar surface area (TPSA) is 59.8 Å². The summed E-state index contributed by atoms with van der Waals surface area (Å²) in [5.74, 6) is -0.130. The molecule has 2 heterocycles. The third-order valence-electron chi connectivity index (χ3n) is 4.59. The van der Waals surface area contributed by atoms with E-state index in [0.717, 1.165) is 27.8 Å². The number of hydrogen-bond acceptors (Lipinski definition) is 3. The Bertz CT molecular complexity index is 1150. The van der Waals surface area contributed by atoms with Crippen LogP contribution in [0.4, 0.5) is 0 Å². The minimum atomic E-state index is -0.130. The Balaban J connectivity index is 1.42. The van der Waals surface area contributed by atoms with E-state index < -0.39 is 0 Å². The number of aryl methyl sites for hydroxylation is 1. The first-order valence-corrected chi connectivity index (χ1v) is 9.53. The number of halogens is 1. The Hall–Kier alpha value is -3.44. The average Bonchev–Trinajstić information content (AvgIpc) is 3.19. The van der Waals surface area contributed by atoms with Crippen LogP contribution >= 0.6 is 11.6 Å². The molecule has 0 spiro atoms. The molecule has 1 N–H and O–H groups in total. The molecule has 0 atom stereocenters. The Kier molecular flexibility index (Phi) is 5.40. The molecule has 0 aliphatic heterocycles. The molecule has 2 aromatic heterocycles. The molecule has 0 unspecified atom stereocenters. The van der Waals surface area contributed by atoms with E-state index in [9.17, 15) is 4.79 Å². The zero-order valence-corrected chi connectivity index (χ0v) is 16.6. The molecule has 0 fully saturated rings. The van der Waals surface area contributed by atoms with Gasteiger partial charge in [0.1, 0.15) is 0 Å². The van der Waals surface area contributed by atoms with Gasteiger partial charge in [0.05, 0.1) is 6.20 Å². The number of carbonyl (C=O) groups is 1. The molecule has 0 saturated carbocycles. The highest BCUT2D eigenvalue weighted by Crippen LogP contribution is 2.23. The number of rotatable bonds is 5. The van der Waals surface area contributed by atoms with Crippen molar-refractivity contribution in [3.8, 4) is 22.3 Å². The molecule has 0 bridgehead atoms. The van der Waals surface area contributed by atoms with Gasteiger partial charge in [0.2, 0.25) is 0 Å². The smallest absolute Gasteiger partial charge is 0.251 e. The molecule has 144 valence electrons. The summed E-state index contributed by atoms with van der Waals surface area (Å²) >= 11 is 6.05. The quantitative estimate of drug-likeness (QED) is 0.524. The van der Waals surface area contributed by atoms with Gasteiger partial charge in [-0.05, 0) is 47.0 Å². The summed E-state index contributed by atoms with van der Waals surface area (Å²) in [5, 5.41) is 7.82.